The fraction of sp³-hybridized carbons (Fsp3) is 0.933. The lowest BCUT2D eigenvalue weighted by molar-refractivity contribution is -0.157. The Kier molecular flexibility index (Phi) is 4.82. The van der Waals surface area contributed by atoms with Crippen molar-refractivity contribution >= 4 is 5.97 Å². The first-order chi connectivity index (χ1) is 8.20. The maximum Gasteiger partial charge on any atom is 0.309 e. The van der Waals surface area contributed by atoms with Crippen LogP contribution in [-0.2, 0) is 4.79 Å². The zero-order valence-electron chi connectivity index (χ0n) is 12.2. The summed E-state index contributed by atoms with van der Waals surface area (Å²) in [4.78, 5) is 11.3. The zero-order valence-corrected chi connectivity index (χ0v) is 12.2. The second-order valence-corrected chi connectivity index (χ2v) is 6.92. The van der Waals surface area contributed by atoms with Gasteiger partial charge in [-0.25, -0.2) is 0 Å². The van der Waals surface area contributed by atoms with Gasteiger partial charge in [0.2, 0.25) is 0 Å². The van der Waals surface area contributed by atoms with Crippen LogP contribution in [0.2, 0.25) is 0 Å². The van der Waals surface area contributed by atoms with Crippen LogP contribution in [0.3, 0.4) is 0 Å². The predicted molar refractivity (Wildman–Crippen MR) is 72.4 cm³/mol. The minimum absolute atomic E-state index is 0.255. The van der Waals surface area contributed by atoms with E-state index in [9.17, 15) is 15.0 Å². The van der Waals surface area contributed by atoms with E-state index in [2.05, 4.69) is 20.8 Å². The van der Waals surface area contributed by atoms with Crippen LogP contribution in [0.15, 0.2) is 0 Å². The van der Waals surface area contributed by atoms with Gasteiger partial charge in [0.15, 0.2) is 0 Å². The van der Waals surface area contributed by atoms with E-state index in [-0.39, 0.29) is 5.41 Å². The Labute approximate surface area is 111 Å². The van der Waals surface area contributed by atoms with Crippen LogP contribution in [0.5, 0.6) is 0 Å². The summed E-state index contributed by atoms with van der Waals surface area (Å²) in [5.74, 6) is -0.842. The number of hydrogen-bond donors (Lipinski definition) is 2. The number of carboxylic acid groups (broad SMARTS) is 1. The van der Waals surface area contributed by atoms with Crippen LogP contribution in [0.1, 0.15) is 66.2 Å². The Morgan fingerprint density at radius 2 is 1.83 bits per heavy atom. The smallest absolute Gasteiger partial charge is 0.309 e. The molecule has 18 heavy (non-hydrogen) atoms. The monoisotopic (exact) mass is 256 g/mol. The van der Waals surface area contributed by atoms with Crippen molar-refractivity contribution in [3.8, 4) is 0 Å². The third-order valence-electron chi connectivity index (χ3n) is 4.60. The summed E-state index contributed by atoms with van der Waals surface area (Å²) in [6.07, 6.45) is 4.52. The van der Waals surface area contributed by atoms with E-state index in [0.29, 0.717) is 25.2 Å². The molecular weight excluding hydrogens is 228 g/mol. The fourth-order valence-electron chi connectivity index (χ4n) is 3.24. The van der Waals surface area contributed by atoms with Crippen molar-refractivity contribution in [3.05, 3.63) is 0 Å². The number of aliphatic carboxylic acids is 1. The highest BCUT2D eigenvalue weighted by Gasteiger charge is 2.45. The van der Waals surface area contributed by atoms with Crippen molar-refractivity contribution in [3.63, 3.8) is 0 Å². The van der Waals surface area contributed by atoms with Crippen molar-refractivity contribution in [1.82, 2.24) is 0 Å². The van der Waals surface area contributed by atoms with Gasteiger partial charge in [-0.1, -0.05) is 34.1 Å². The number of hydrogen-bond acceptors (Lipinski definition) is 2. The molecule has 0 aromatic carbocycles. The van der Waals surface area contributed by atoms with Gasteiger partial charge < -0.3 is 10.2 Å². The van der Waals surface area contributed by atoms with Crippen LogP contribution in [0, 0.1) is 17.3 Å². The normalized spacial score (nSPS) is 31.1. The zero-order chi connectivity index (χ0) is 14.0. The molecule has 0 aliphatic heterocycles. The first-order valence-corrected chi connectivity index (χ1v) is 7.16. The van der Waals surface area contributed by atoms with Crippen LogP contribution >= 0.6 is 0 Å². The summed E-state index contributed by atoms with van der Waals surface area (Å²) in [6, 6.07) is 0. The average molecular weight is 256 g/mol. The molecule has 0 saturated heterocycles. The van der Waals surface area contributed by atoms with Crippen LogP contribution in [0.25, 0.3) is 0 Å². The van der Waals surface area contributed by atoms with Crippen molar-refractivity contribution in [2.45, 2.75) is 71.8 Å². The summed E-state index contributed by atoms with van der Waals surface area (Å²) in [7, 11) is 0. The van der Waals surface area contributed by atoms with Gasteiger partial charge in [0.05, 0.1) is 11.5 Å². The lowest BCUT2D eigenvalue weighted by Gasteiger charge is -2.43. The molecule has 0 bridgehead atoms. The molecule has 0 radical (unpaired) electrons. The van der Waals surface area contributed by atoms with Gasteiger partial charge in [0.25, 0.3) is 0 Å². The highest BCUT2D eigenvalue weighted by atomic mass is 16.4. The minimum atomic E-state index is -0.983. The molecule has 1 fully saturated rings. The van der Waals surface area contributed by atoms with Gasteiger partial charge in [-0.15, -0.1) is 0 Å². The van der Waals surface area contributed by atoms with E-state index in [1.807, 2.05) is 6.92 Å². The summed E-state index contributed by atoms with van der Waals surface area (Å²) in [5, 5.41) is 19.9. The third kappa shape index (κ3) is 3.47. The summed E-state index contributed by atoms with van der Waals surface area (Å²) >= 11 is 0. The van der Waals surface area contributed by atoms with E-state index < -0.39 is 17.5 Å². The van der Waals surface area contributed by atoms with E-state index in [1.54, 1.807) is 0 Å². The topological polar surface area (TPSA) is 57.5 Å². The molecule has 1 saturated carbocycles. The molecule has 2 N–H and O–H groups in total. The van der Waals surface area contributed by atoms with Gasteiger partial charge in [0.1, 0.15) is 0 Å². The Morgan fingerprint density at radius 1 is 1.33 bits per heavy atom. The summed E-state index contributed by atoms with van der Waals surface area (Å²) < 4.78 is 0. The van der Waals surface area contributed by atoms with Crippen LogP contribution in [-0.4, -0.2) is 21.8 Å². The summed E-state index contributed by atoms with van der Waals surface area (Å²) in [6.45, 7) is 8.65. The first-order valence-electron chi connectivity index (χ1n) is 7.16. The molecule has 1 rings (SSSR count). The van der Waals surface area contributed by atoms with Gasteiger partial charge in [0, 0.05) is 0 Å². The molecule has 3 heteroatoms. The van der Waals surface area contributed by atoms with E-state index in [1.165, 1.54) is 0 Å². The lowest BCUT2D eigenvalue weighted by Crippen LogP contribution is -2.46. The number of aliphatic hydroxyl groups is 1. The molecule has 0 aromatic rings. The molecule has 106 valence electrons. The second kappa shape index (κ2) is 5.60. The number of carbonyl (C=O) groups is 1. The van der Waals surface area contributed by atoms with Gasteiger partial charge in [-0.05, 0) is 43.4 Å². The van der Waals surface area contributed by atoms with Crippen molar-refractivity contribution in [2.24, 2.45) is 17.3 Å². The van der Waals surface area contributed by atoms with E-state index in [4.69, 9.17) is 0 Å². The van der Waals surface area contributed by atoms with E-state index in [0.717, 1.165) is 19.3 Å². The summed E-state index contributed by atoms with van der Waals surface area (Å²) in [5.41, 5.74) is -0.728. The molecule has 0 aromatic heterocycles. The van der Waals surface area contributed by atoms with Gasteiger partial charge in [-0.2, -0.15) is 0 Å². The molecule has 3 nitrogen and oxygen atoms in total. The van der Waals surface area contributed by atoms with E-state index >= 15 is 0 Å². The predicted octanol–water partition coefficient (Wildman–Crippen LogP) is 3.45. The van der Waals surface area contributed by atoms with Gasteiger partial charge >= 0.3 is 5.97 Å². The van der Waals surface area contributed by atoms with Crippen molar-refractivity contribution in [1.29, 1.82) is 0 Å². The quantitative estimate of drug-likeness (QED) is 0.810. The SMILES string of the molecule is CCCC(C(=O)O)C1(O)CCC(C(C)(C)C)CC1. The van der Waals surface area contributed by atoms with Crippen LogP contribution < -0.4 is 0 Å². The molecular formula is C15H28O3. The maximum absolute atomic E-state index is 11.3. The fourth-order valence-corrected chi connectivity index (χ4v) is 3.24. The Hall–Kier alpha value is -0.570. The molecule has 1 aliphatic carbocycles. The second-order valence-electron chi connectivity index (χ2n) is 6.92. The molecule has 0 amide bonds. The highest BCUT2D eigenvalue weighted by molar-refractivity contribution is 5.71. The average Bonchev–Trinajstić information content (AvgIpc) is 2.24. The Bertz CT molecular complexity index is 283. The molecule has 1 atom stereocenters. The Balaban J connectivity index is 2.70. The van der Waals surface area contributed by atoms with Crippen LogP contribution in [0.4, 0.5) is 0 Å². The minimum Gasteiger partial charge on any atom is -0.481 e. The molecule has 1 unspecified atom stereocenters. The lowest BCUT2D eigenvalue weighted by atomic mass is 9.65. The van der Waals surface area contributed by atoms with Crippen molar-refractivity contribution in [2.75, 3.05) is 0 Å². The Morgan fingerprint density at radius 3 is 2.17 bits per heavy atom. The standard InChI is InChI=1S/C15H28O3/c1-5-6-12(13(16)17)15(18)9-7-11(8-10-15)14(2,3)4/h11-12,18H,5-10H2,1-4H3,(H,16,17). The first kappa shape index (κ1) is 15.5. The molecule has 1 aliphatic rings. The number of carboxylic acids is 1. The maximum atomic E-state index is 11.3. The largest absolute Gasteiger partial charge is 0.481 e. The molecule has 0 heterocycles. The van der Waals surface area contributed by atoms with Gasteiger partial charge in [-0.3, -0.25) is 4.79 Å². The molecule has 0 spiro atoms. The number of rotatable bonds is 4. The highest BCUT2D eigenvalue weighted by Crippen LogP contribution is 2.44. The third-order valence-corrected chi connectivity index (χ3v) is 4.60. The van der Waals surface area contributed by atoms with Crippen molar-refractivity contribution < 1.29 is 15.0 Å².